The Kier molecular flexibility index (Phi) is 2.93. The third-order valence-electron chi connectivity index (χ3n) is 2.13. The SMILES string of the molecule is CC1CC(NC(C)(C)CO)C(=O)O1. The molecule has 76 valence electrons. The molecule has 1 rings (SSSR count). The van der Waals surface area contributed by atoms with Crippen molar-refractivity contribution in [3.8, 4) is 0 Å². The number of nitrogens with one attached hydrogen (secondary N) is 1. The maximum atomic E-state index is 11.2. The van der Waals surface area contributed by atoms with Crippen LogP contribution >= 0.6 is 0 Å². The highest BCUT2D eigenvalue weighted by Gasteiger charge is 2.35. The minimum Gasteiger partial charge on any atom is -0.461 e. The van der Waals surface area contributed by atoms with Gasteiger partial charge in [0, 0.05) is 12.0 Å². The van der Waals surface area contributed by atoms with Crippen LogP contribution in [0.2, 0.25) is 0 Å². The first-order valence-electron chi connectivity index (χ1n) is 4.53. The highest BCUT2D eigenvalue weighted by molar-refractivity contribution is 5.78. The van der Waals surface area contributed by atoms with Gasteiger partial charge in [-0.3, -0.25) is 10.1 Å². The molecule has 0 aromatic rings. The predicted octanol–water partition coefficient (Wildman–Crippen LogP) is 0.0509. The predicted molar refractivity (Wildman–Crippen MR) is 48.3 cm³/mol. The second kappa shape index (κ2) is 3.64. The molecule has 0 aromatic heterocycles. The summed E-state index contributed by atoms with van der Waals surface area (Å²) in [6, 6.07) is -0.267. The Hall–Kier alpha value is -0.610. The molecule has 0 aromatic carbocycles. The van der Waals surface area contributed by atoms with Crippen molar-refractivity contribution in [3.63, 3.8) is 0 Å². The summed E-state index contributed by atoms with van der Waals surface area (Å²) in [6.45, 7) is 5.57. The average molecular weight is 187 g/mol. The molecule has 4 heteroatoms. The fraction of sp³-hybridized carbons (Fsp3) is 0.889. The smallest absolute Gasteiger partial charge is 0.323 e. The van der Waals surface area contributed by atoms with Crippen LogP contribution in [0.5, 0.6) is 0 Å². The highest BCUT2D eigenvalue weighted by Crippen LogP contribution is 2.16. The number of cyclic esters (lactones) is 1. The number of rotatable bonds is 3. The zero-order valence-corrected chi connectivity index (χ0v) is 8.33. The monoisotopic (exact) mass is 187 g/mol. The number of aliphatic hydroxyl groups is 1. The summed E-state index contributed by atoms with van der Waals surface area (Å²) in [7, 11) is 0. The van der Waals surface area contributed by atoms with Gasteiger partial charge in [0.25, 0.3) is 0 Å². The van der Waals surface area contributed by atoms with E-state index in [0.717, 1.165) is 0 Å². The van der Waals surface area contributed by atoms with Gasteiger partial charge in [0.1, 0.15) is 12.1 Å². The van der Waals surface area contributed by atoms with Crippen LogP contribution in [0.25, 0.3) is 0 Å². The molecule has 13 heavy (non-hydrogen) atoms. The van der Waals surface area contributed by atoms with Crippen molar-refractivity contribution in [2.24, 2.45) is 0 Å². The molecule has 2 N–H and O–H groups in total. The van der Waals surface area contributed by atoms with E-state index in [9.17, 15) is 4.79 Å². The molecular weight excluding hydrogens is 170 g/mol. The van der Waals surface area contributed by atoms with E-state index in [0.29, 0.717) is 6.42 Å². The minimum atomic E-state index is -0.423. The molecule has 1 fully saturated rings. The highest BCUT2D eigenvalue weighted by atomic mass is 16.6. The maximum absolute atomic E-state index is 11.2. The standard InChI is InChI=1S/C9H17NO3/c1-6-4-7(8(12)13-6)10-9(2,3)5-11/h6-7,10-11H,4-5H2,1-3H3. The molecule has 0 saturated carbocycles. The summed E-state index contributed by atoms with van der Waals surface area (Å²) in [5.41, 5.74) is -0.423. The first-order valence-corrected chi connectivity index (χ1v) is 4.53. The van der Waals surface area contributed by atoms with E-state index in [2.05, 4.69) is 5.32 Å². The third kappa shape index (κ3) is 2.67. The zero-order valence-electron chi connectivity index (χ0n) is 8.33. The van der Waals surface area contributed by atoms with Crippen LogP contribution in [0.15, 0.2) is 0 Å². The third-order valence-corrected chi connectivity index (χ3v) is 2.13. The summed E-state index contributed by atoms with van der Waals surface area (Å²) < 4.78 is 4.98. The van der Waals surface area contributed by atoms with Gasteiger partial charge in [-0.1, -0.05) is 0 Å². The summed E-state index contributed by atoms with van der Waals surface area (Å²) >= 11 is 0. The van der Waals surface area contributed by atoms with Crippen molar-refractivity contribution in [2.45, 2.75) is 44.9 Å². The van der Waals surface area contributed by atoms with Crippen molar-refractivity contribution in [3.05, 3.63) is 0 Å². The number of carbonyl (C=O) groups is 1. The zero-order chi connectivity index (χ0) is 10.1. The fourth-order valence-electron chi connectivity index (χ4n) is 1.39. The van der Waals surface area contributed by atoms with Crippen LogP contribution in [0.1, 0.15) is 27.2 Å². The van der Waals surface area contributed by atoms with E-state index in [1.807, 2.05) is 20.8 Å². The number of hydrogen-bond donors (Lipinski definition) is 2. The molecule has 0 spiro atoms. The maximum Gasteiger partial charge on any atom is 0.323 e. The summed E-state index contributed by atoms with van der Waals surface area (Å²) in [4.78, 5) is 11.2. The van der Waals surface area contributed by atoms with Gasteiger partial charge in [-0.2, -0.15) is 0 Å². The summed E-state index contributed by atoms with van der Waals surface area (Å²) in [5.74, 6) is -0.214. The first kappa shape index (κ1) is 10.5. The molecule has 1 heterocycles. The van der Waals surface area contributed by atoms with Crippen LogP contribution in [0, 0.1) is 0 Å². The van der Waals surface area contributed by atoms with Crippen LogP contribution in [-0.2, 0) is 9.53 Å². The van der Waals surface area contributed by atoms with Crippen molar-refractivity contribution in [2.75, 3.05) is 6.61 Å². The van der Waals surface area contributed by atoms with Crippen molar-refractivity contribution >= 4 is 5.97 Å². The molecule has 2 unspecified atom stereocenters. The van der Waals surface area contributed by atoms with Gasteiger partial charge in [0.15, 0.2) is 0 Å². The number of hydrogen-bond acceptors (Lipinski definition) is 4. The van der Waals surface area contributed by atoms with Gasteiger partial charge < -0.3 is 9.84 Å². The number of esters is 1. The van der Waals surface area contributed by atoms with Crippen LogP contribution in [0.3, 0.4) is 0 Å². The first-order chi connectivity index (χ1) is 5.94. The molecule has 0 radical (unpaired) electrons. The Morgan fingerprint density at radius 1 is 1.69 bits per heavy atom. The molecular formula is C9H17NO3. The van der Waals surface area contributed by atoms with Crippen molar-refractivity contribution in [1.29, 1.82) is 0 Å². The van der Waals surface area contributed by atoms with Gasteiger partial charge in [-0.25, -0.2) is 0 Å². The van der Waals surface area contributed by atoms with Gasteiger partial charge >= 0.3 is 5.97 Å². The lowest BCUT2D eigenvalue weighted by Crippen LogP contribution is -2.50. The Balaban J connectivity index is 2.50. The largest absolute Gasteiger partial charge is 0.461 e. The molecule has 0 bridgehead atoms. The van der Waals surface area contributed by atoms with E-state index in [-0.39, 0.29) is 24.7 Å². The fourth-order valence-corrected chi connectivity index (χ4v) is 1.39. The Morgan fingerprint density at radius 2 is 2.31 bits per heavy atom. The number of ether oxygens (including phenoxy) is 1. The summed E-state index contributed by atoms with van der Waals surface area (Å²) in [5, 5.41) is 12.1. The van der Waals surface area contributed by atoms with Crippen LogP contribution in [0.4, 0.5) is 0 Å². The van der Waals surface area contributed by atoms with E-state index >= 15 is 0 Å². The lowest BCUT2D eigenvalue weighted by Gasteiger charge is -2.25. The average Bonchev–Trinajstić information content (AvgIpc) is 2.30. The van der Waals surface area contributed by atoms with Gasteiger partial charge in [-0.05, 0) is 20.8 Å². The Labute approximate surface area is 78.3 Å². The van der Waals surface area contributed by atoms with Crippen molar-refractivity contribution < 1.29 is 14.6 Å². The molecule has 1 aliphatic rings. The normalized spacial score (nSPS) is 29.1. The second-order valence-corrected chi connectivity index (χ2v) is 4.22. The van der Waals surface area contributed by atoms with Crippen molar-refractivity contribution in [1.82, 2.24) is 5.32 Å². The molecule has 0 amide bonds. The van der Waals surface area contributed by atoms with Crippen LogP contribution < -0.4 is 5.32 Å². The molecule has 4 nitrogen and oxygen atoms in total. The lowest BCUT2D eigenvalue weighted by atomic mass is 10.0. The Morgan fingerprint density at radius 3 is 2.69 bits per heavy atom. The van der Waals surface area contributed by atoms with E-state index in [1.165, 1.54) is 0 Å². The molecule has 0 aliphatic carbocycles. The van der Waals surface area contributed by atoms with Gasteiger partial charge in [0.05, 0.1) is 6.61 Å². The lowest BCUT2D eigenvalue weighted by molar-refractivity contribution is -0.142. The quantitative estimate of drug-likeness (QED) is 0.613. The van der Waals surface area contributed by atoms with Gasteiger partial charge in [0.2, 0.25) is 0 Å². The Bertz CT molecular complexity index is 203. The van der Waals surface area contributed by atoms with E-state index < -0.39 is 5.54 Å². The summed E-state index contributed by atoms with van der Waals surface area (Å²) in [6.07, 6.45) is 0.668. The van der Waals surface area contributed by atoms with E-state index in [1.54, 1.807) is 0 Å². The molecule has 2 atom stereocenters. The second-order valence-electron chi connectivity index (χ2n) is 4.22. The topological polar surface area (TPSA) is 58.6 Å². The molecule has 1 saturated heterocycles. The van der Waals surface area contributed by atoms with E-state index in [4.69, 9.17) is 9.84 Å². The number of aliphatic hydroxyl groups excluding tert-OH is 1. The number of carbonyl (C=O) groups excluding carboxylic acids is 1. The minimum absolute atomic E-state index is 0.00512. The molecule has 1 aliphatic heterocycles. The van der Waals surface area contributed by atoms with Gasteiger partial charge in [-0.15, -0.1) is 0 Å². The van der Waals surface area contributed by atoms with Crippen LogP contribution in [-0.4, -0.2) is 35.4 Å².